The molecule has 6 N–H and O–H groups in total. The van der Waals surface area contributed by atoms with Gasteiger partial charge in [0, 0.05) is 19.1 Å². The Morgan fingerprint density at radius 2 is 1.36 bits per heavy atom. The van der Waals surface area contributed by atoms with Crippen LogP contribution in [0, 0.1) is 17.8 Å². The number of Topliss-reactive ketones (excluding diaryl/α,β-unsaturated/α-hetero) is 1. The molecule has 2 aromatic rings. The zero-order valence-electron chi connectivity index (χ0n) is 27.0. The summed E-state index contributed by atoms with van der Waals surface area (Å²) in [6.45, 7) is 6.92. The second-order valence-electron chi connectivity index (χ2n) is 11.4. The third kappa shape index (κ3) is 11.0. The summed E-state index contributed by atoms with van der Waals surface area (Å²) in [7, 11) is 3.94. The second-order valence-corrected chi connectivity index (χ2v) is 11.4. The molecule has 0 saturated carbocycles. The molecule has 2 rings (SSSR count). The van der Waals surface area contributed by atoms with Gasteiger partial charge in [-0.2, -0.15) is 0 Å². The lowest BCUT2D eigenvalue weighted by Crippen LogP contribution is -2.57. The van der Waals surface area contributed by atoms with Gasteiger partial charge < -0.3 is 35.7 Å². The van der Waals surface area contributed by atoms with Crippen LogP contribution < -0.4 is 26.5 Å². The Labute approximate surface area is 264 Å². The molecule has 45 heavy (non-hydrogen) atoms. The Balaban J connectivity index is 2.50. The lowest BCUT2D eigenvalue weighted by Gasteiger charge is -2.35. The standard InChI is InChI=1S/C32H47N5O8/c1-19(2)27(34-31(41)44-6)29(39)25(26(33)22-11-9-8-10-12-22)24(38)18-37(17-21-13-15-23(43-5)16-14-21)36-30(40)28(20(3)4)35-32(42)45-7/h8-16,19-20,24-28,38H,17-18,33H2,1-7H3,(H,34,41)(H,35,42)(H,36,40)/t24-,25?,26?,27-,28-/m0/s1. The zero-order valence-corrected chi connectivity index (χ0v) is 27.0. The monoisotopic (exact) mass is 629 g/mol. The van der Waals surface area contributed by atoms with Crippen LogP contribution in [0.5, 0.6) is 5.75 Å². The smallest absolute Gasteiger partial charge is 0.407 e. The lowest BCUT2D eigenvalue weighted by atomic mass is 9.80. The number of benzene rings is 2. The number of aliphatic hydroxyl groups excluding tert-OH is 1. The molecular formula is C32H47N5O8. The minimum Gasteiger partial charge on any atom is -0.497 e. The van der Waals surface area contributed by atoms with Crippen molar-refractivity contribution in [2.24, 2.45) is 23.5 Å². The number of carbonyl (C=O) groups excluding carboxylic acids is 4. The lowest BCUT2D eigenvalue weighted by molar-refractivity contribution is -0.133. The number of ketones is 1. The fourth-order valence-corrected chi connectivity index (χ4v) is 4.83. The highest BCUT2D eigenvalue weighted by atomic mass is 16.5. The van der Waals surface area contributed by atoms with E-state index in [1.165, 1.54) is 19.2 Å². The number of rotatable bonds is 16. The highest BCUT2D eigenvalue weighted by Gasteiger charge is 2.40. The predicted molar refractivity (Wildman–Crippen MR) is 168 cm³/mol. The van der Waals surface area contributed by atoms with Crippen LogP contribution in [-0.4, -0.2) is 80.1 Å². The van der Waals surface area contributed by atoms with Gasteiger partial charge in [0.2, 0.25) is 0 Å². The minimum atomic E-state index is -1.42. The fourth-order valence-electron chi connectivity index (χ4n) is 4.83. The summed E-state index contributed by atoms with van der Waals surface area (Å²) in [5.74, 6) is -2.30. The largest absolute Gasteiger partial charge is 0.497 e. The molecule has 0 spiro atoms. The van der Waals surface area contributed by atoms with Crippen molar-refractivity contribution in [3.05, 3.63) is 65.7 Å². The maximum absolute atomic E-state index is 14.1. The van der Waals surface area contributed by atoms with Crippen molar-refractivity contribution in [2.75, 3.05) is 27.9 Å². The molecule has 2 unspecified atom stereocenters. The number of methoxy groups -OCH3 is 3. The molecule has 0 radical (unpaired) electrons. The first kappa shape index (κ1) is 37.0. The number of carbonyl (C=O) groups is 4. The average molecular weight is 630 g/mol. The van der Waals surface area contributed by atoms with Gasteiger partial charge >= 0.3 is 12.2 Å². The number of nitrogens with one attached hydrogen (secondary N) is 3. The van der Waals surface area contributed by atoms with Gasteiger partial charge in [-0.05, 0) is 35.1 Å². The molecule has 13 nitrogen and oxygen atoms in total. The first-order valence-corrected chi connectivity index (χ1v) is 14.7. The highest BCUT2D eigenvalue weighted by molar-refractivity contribution is 5.90. The van der Waals surface area contributed by atoms with E-state index in [1.54, 1.807) is 89.4 Å². The van der Waals surface area contributed by atoms with Gasteiger partial charge in [0.15, 0.2) is 5.78 Å². The number of nitrogens with two attached hydrogens (primary N) is 1. The number of hydrogen-bond acceptors (Lipinski definition) is 10. The third-order valence-corrected chi connectivity index (χ3v) is 7.36. The summed E-state index contributed by atoms with van der Waals surface area (Å²) in [4.78, 5) is 51.7. The van der Waals surface area contributed by atoms with E-state index in [1.807, 2.05) is 0 Å². The SMILES string of the molecule is COC(=O)N[C@H](C(=O)NN(Cc1ccc(OC)cc1)C[C@H](O)C(C(=O)[C@@H](NC(=O)OC)C(C)C)C(N)c1ccccc1)C(C)C. The number of hydrazine groups is 1. The molecule has 248 valence electrons. The minimum absolute atomic E-state index is 0.116. The molecule has 0 aromatic heterocycles. The normalized spacial score (nSPS) is 14.6. The van der Waals surface area contributed by atoms with E-state index in [2.05, 4.69) is 20.8 Å². The van der Waals surface area contributed by atoms with E-state index < -0.39 is 54.0 Å². The van der Waals surface area contributed by atoms with Gasteiger partial charge in [-0.25, -0.2) is 14.6 Å². The van der Waals surface area contributed by atoms with Crippen LogP contribution >= 0.6 is 0 Å². The first-order chi connectivity index (χ1) is 21.3. The number of amides is 3. The van der Waals surface area contributed by atoms with Crippen LogP contribution in [0.4, 0.5) is 9.59 Å². The molecule has 13 heteroatoms. The van der Waals surface area contributed by atoms with E-state index in [0.29, 0.717) is 11.3 Å². The molecular weight excluding hydrogens is 582 g/mol. The Hall–Kier alpha value is -4.20. The molecule has 5 atom stereocenters. The maximum Gasteiger partial charge on any atom is 0.407 e. The summed E-state index contributed by atoms with van der Waals surface area (Å²) in [6, 6.07) is 13.0. The van der Waals surface area contributed by atoms with E-state index in [-0.39, 0.29) is 24.9 Å². The Morgan fingerprint density at radius 3 is 1.84 bits per heavy atom. The number of nitrogens with zero attached hydrogens (tertiary/aromatic N) is 1. The number of ether oxygens (including phenoxy) is 3. The van der Waals surface area contributed by atoms with Gasteiger partial charge in [0.05, 0.1) is 39.4 Å². The Kier molecular flexibility index (Phi) is 14.7. The van der Waals surface area contributed by atoms with Crippen molar-refractivity contribution in [1.82, 2.24) is 21.1 Å². The van der Waals surface area contributed by atoms with Crippen LogP contribution in [0.3, 0.4) is 0 Å². The van der Waals surface area contributed by atoms with Crippen molar-refractivity contribution in [1.29, 1.82) is 0 Å². The maximum atomic E-state index is 14.1. The van der Waals surface area contributed by atoms with Crippen molar-refractivity contribution in [3.8, 4) is 5.75 Å². The van der Waals surface area contributed by atoms with Gasteiger partial charge in [-0.1, -0.05) is 70.2 Å². The molecule has 0 aliphatic rings. The molecule has 0 bridgehead atoms. The molecule has 0 heterocycles. The summed E-state index contributed by atoms with van der Waals surface area (Å²) in [5, 5.41) is 18.3. The quantitative estimate of drug-likeness (QED) is 0.173. The summed E-state index contributed by atoms with van der Waals surface area (Å²) >= 11 is 0. The molecule has 0 saturated heterocycles. The topological polar surface area (TPSA) is 182 Å². The summed E-state index contributed by atoms with van der Waals surface area (Å²) in [5.41, 5.74) is 10.8. The Morgan fingerprint density at radius 1 is 0.822 bits per heavy atom. The molecule has 3 amide bonds. The average Bonchev–Trinajstić information content (AvgIpc) is 3.02. The van der Waals surface area contributed by atoms with Crippen LogP contribution in [0.25, 0.3) is 0 Å². The number of hydrogen-bond donors (Lipinski definition) is 5. The van der Waals surface area contributed by atoms with Crippen LogP contribution in [0.1, 0.15) is 44.9 Å². The number of aliphatic hydroxyl groups is 1. The van der Waals surface area contributed by atoms with E-state index >= 15 is 0 Å². The number of alkyl carbamates (subject to hydrolysis) is 2. The third-order valence-electron chi connectivity index (χ3n) is 7.36. The molecule has 2 aromatic carbocycles. The second kappa shape index (κ2) is 17.9. The van der Waals surface area contributed by atoms with E-state index in [9.17, 15) is 24.3 Å². The van der Waals surface area contributed by atoms with Crippen molar-refractivity contribution < 1.29 is 38.5 Å². The first-order valence-electron chi connectivity index (χ1n) is 14.7. The van der Waals surface area contributed by atoms with Gasteiger partial charge in [-0.15, -0.1) is 0 Å². The predicted octanol–water partition coefficient (Wildman–Crippen LogP) is 2.54. The zero-order chi connectivity index (χ0) is 33.7. The van der Waals surface area contributed by atoms with Gasteiger partial charge in [-0.3, -0.25) is 15.0 Å². The van der Waals surface area contributed by atoms with Crippen molar-refractivity contribution in [3.63, 3.8) is 0 Å². The van der Waals surface area contributed by atoms with Crippen LogP contribution in [0.15, 0.2) is 54.6 Å². The van der Waals surface area contributed by atoms with E-state index in [4.69, 9.17) is 15.2 Å². The van der Waals surface area contributed by atoms with Crippen molar-refractivity contribution >= 4 is 23.9 Å². The summed E-state index contributed by atoms with van der Waals surface area (Å²) in [6.07, 6.45) is -2.99. The summed E-state index contributed by atoms with van der Waals surface area (Å²) < 4.78 is 14.7. The Bertz CT molecular complexity index is 1240. The van der Waals surface area contributed by atoms with Gasteiger partial charge in [0.25, 0.3) is 5.91 Å². The fraction of sp³-hybridized carbons (Fsp3) is 0.500. The van der Waals surface area contributed by atoms with Crippen molar-refractivity contribution in [2.45, 2.75) is 58.5 Å². The van der Waals surface area contributed by atoms with Gasteiger partial charge in [0.1, 0.15) is 11.8 Å². The van der Waals surface area contributed by atoms with Crippen LogP contribution in [0.2, 0.25) is 0 Å². The highest BCUT2D eigenvalue weighted by Crippen LogP contribution is 2.27. The van der Waals surface area contributed by atoms with Crippen LogP contribution in [-0.2, 0) is 25.6 Å². The molecule has 0 fully saturated rings. The van der Waals surface area contributed by atoms with E-state index in [0.717, 1.165) is 5.56 Å². The molecule has 0 aliphatic heterocycles. The molecule has 0 aliphatic carbocycles.